The summed E-state index contributed by atoms with van der Waals surface area (Å²) in [6.07, 6.45) is 0.00633. The summed E-state index contributed by atoms with van der Waals surface area (Å²) in [5.41, 5.74) is 2.57. The minimum Gasteiger partial charge on any atom is -0.378 e. The molecule has 0 spiro atoms. The number of hydrogen-bond donors (Lipinski definition) is 3. The number of methoxy groups -OCH3 is 1. The number of amides is 2. The van der Waals surface area contributed by atoms with E-state index >= 15 is 0 Å². The maximum Gasteiger partial charge on any atom is 0.319 e. The van der Waals surface area contributed by atoms with E-state index < -0.39 is 0 Å². The summed E-state index contributed by atoms with van der Waals surface area (Å²) in [7, 11) is 1.69. The molecule has 2 aromatic rings. The number of imidazole rings is 1. The number of nitrogens with zero attached hydrogens (tertiary/aromatic N) is 2. The average Bonchev–Trinajstić information content (AvgIpc) is 3.18. The zero-order valence-electron chi connectivity index (χ0n) is 16.2. The lowest BCUT2D eigenvalue weighted by Crippen LogP contribution is -2.45. The van der Waals surface area contributed by atoms with E-state index in [0.717, 1.165) is 35.6 Å². The van der Waals surface area contributed by atoms with Gasteiger partial charge < -0.3 is 20.4 Å². The highest BCUT2D eigenvalue weighted by Crippen LogP contribution is 2.21. The number of H-pyrrole nitrogens is 1. The van der Waals surface area contributed by atoms with Crippen LogP contribution in [0.25, 0.3) is 11.0 Å². The van der Waals surface area contributed by atoms with Gasteiger partial charge in [-0.2, -0.15) is 0 Å². The molecule has 0 bridgehead atoms. The van der Waals surface area contributed by atoms with Crippen molar-refractivity contribution in [3.8, 4) is 0 Å². The van der Waals surface area contributed by atoms with Gasteiger partial charge in [-0.1, -0.05) is 13.8 Å². The summed E-state index contributed by atoms with van der Waals surface area (Å²) >= 11 is 0. The maximum absolute atomic E-state index is 12.4. The third-order valence-electron chi connectivity index (χ3n) is 4.95. The molecule has 0 radical (unpaired) electrons. The molecule has 1 aliphatic rings. The fraction of sp³-hybridized carbons (Fsp3) is 0.579. The number of ether oxygens (including phenoxy) is 1. The van der Waals surface area contributed by atoms with E-state index in [4.69, 9.17) is 4.74 Å². The second kappa shape index (κ2) is 7.63. The molecule has 26 heavy (non-hydrogen) atoms. The maximum atomic E-state index is 12.4. The van der Waals surface area contributed by atoms with Gasteiger partial charge >= 0.3 is 6.03 Å². The quantitative estimate of drug-likeness (QED) is 0.767. The third kappa shape index (κ3) is 3.99. The number of carbonyl (C=O) groups is 1. The number of rotatable bonds is 5. The molecule has 142 valence electrons. The first-order valence-electron chi connectivity index (χ1n) is 9.21. The lowest BCUT2D eigenvalue weighted by atomic mass is 10.2. The van der Waals surface area contributed by atoms with Crippen molar-refractivity contribution in [2.24, 2.45) is 0 Å². The summed E-state index contributed by atoms with van der Waals surface area (Å²) < 4.78 is 5.54. The molecule has 3 N–H and O–H groups in total. The number of aromatic amines is 1. The molecule has 1 aromatic heterocycles. The summed E-state index contributed by atoms with van der Waals surface area (Å²) in [5, 5.41) is 5.96. The fourth-order valence-corrected chi connectivity index (χ4v) is 3.32. The minimum absolute atomic E-state index is 0.00633. The Labute approximate surface area is 154 Å². The third-order valence-corrected chi connectivity index (χ3v) is 4.95. The molecule has 3 rings (SSSR count). The van der Waals surface area contributed by atoms with Crippen molar-refractivity contribution in [2.45, 2.75) is 51.8 Å². The van der Waals surface area contributed by atoms with Gasteiger partial charge in [-0.05, 0) is 32.0 Å². The number of anilines is 1. The summed E-state index contributed by atoms with van der Waals surface area (Å²) in [4.78, 5) is 22.6. The van der Waals surface area contributed by atoms with Crippen LogP contribution in [0.4, 0.5) is 10.5 Å². The van der Waals surface area contributed by atoms with Crippen molar-refractivity contribution in [1.82, 2.24) is 20.2 Å². The number of aromatic nitrogens is 2. The van der Waals surface area contributed by atoms with Crippen LogP contribution in [-0.2, 0) is 4.74 Å². The molecule has 2 heterocycles. The highest BCUT2D eigenvalue weighted by Gasteiger charge is 2.34. The van der Waals surface area contributed by atoms with Gasteiger partial charge in [0.25, 0.3) is 0 Å². The lowest BCUT2D eigenvalue weighted by Gasteiger charge is -2.20. The van der Waals surface area contributed by atoms with Gasteiger partial charge in [-0.15, -0.1) is 0 Å². The first-order chi connectivity index (χ1) is 12.4. The SMILES string of the molecule is CO[C@H]1CN(C(C)C)C[C@@H]1NC(=O)Nc1ccc2nc(C(C)C)[nH]c2c1. The molecule has 7 heteroatoms. The van der Waals surface area contributed by atoms with Crippen molar-refractivity contribution in [3.63, 3.8) is 0 Å². The molecule has 2 atom stereocenters. The average molecular weight is 359 g/mol. The Balaban J connectivity index is 1.65. The molecule has 1 aliphatic heterocycles. The zero-order chi connectivity index (χ0) is 18.8. The van der Waals surface area contributed by atoms with Gasteiger partial charge in [-0.25, -0.2) is 9.78 Å². The van der Waals surface area contributed by atoms with E-state index in [1.54, 1.807) is 7.11 Å². The van der Waals surface area contributed by atoms with Crippen LogP contribution in [0.15, 0.2) is 18.2 Å². The zero-order valence-corrected chi connectivity index (χ0v) is 16.2. The standard InChI is InChI=1S/C19H29N5O2/c1-11(2)18-21-14-7-6-13(8-15(14)22-18)20-19(25)23-16-9-24(12(3)4)10-17(16)26-5/h6-8,11-12,16-17H,9-10H2,1-5H3,(H,21,22)(H2,20,23,25)/t16-,17-/m0/s1. The van der Waals surface area contributed by atoms with Crippen molar-refractivity contribution in [2.75, 3.05) is 25.5 Å². The second-order valence-corrected chi connectivity index (χ2v) is 7.54. The number of likely N-dealkylation sites (tertiary alicyclic amines) is 1. The molecule has 1 saturated heterocycles. The number of urea groups is 1. The molecule has 0 unspecified atom stereocenters. The molecule has 2 amide bonds. The first-order valence-corrected chi connectivity index (χ1v) is 9.21. The first kappa shape index (κ1) is 18.7. The van der Waals surface area contributed by atoms with Crippen LogP contribution < -0.4 is 10.6 Å². The molecular formula is C19H29N5O2. The van der Waals surface area contributed by atoms with E-state index in [2.05, 4.69) is 53.2 Å². The van der Waals surface area contributed by atoms with Gasteiger partial charge in [0.2, 0.25) is 0 Å². The Hall–Kier alpha value is -2.12. The van der Waals surface area contributed by atoms with E-state index in [0.29, 0.717) is 12.0 Å². The van der Waals surface area contributed by atoms with Gasteiger partial charge in [0, 0.05) is 37.8 Å². The Morgan fingerprint density at radius 1 is 1.31 bits per heavy atom. The molecule has 0 aliphatic carbocycles. The number of carbonyl (C=O) groups excluding carboxylic acids is 1. The molecule has 1 fully saturated rings. The highest BCUT2D eigenvalue weighted by molar-refractivity contribution is 5.92. The van der Waals surface area contributed by atoms with Crippen molar-refractivity contribution >= 4 is 22.8 Å². The van der Waals surface area contributed by atoms with Gasteiger partial charge in [0.15, 0.2) is 0 Å². The van der Waals surface area contributed by atoms with Crippen LogP contribution in [0.1, 0.15) is 39.4 Å². The minimum atomic E-state index is -0.217. The van der Waals surface area contributed by atoms with Crippen molar-refractivity contribution in [3.05, 3.63) is 24.0 Å². The summed E-state index contributed by atoms with van der Waals surface area (Å²) in [5.74, 6) is 1.28. The summed E-state index contributed by atoms with van der Waals surface area (Å²) in [6.45, 7) is 10.1. The van der Waals surface area contributed by atoms with Crippen LogP contribution in [0.2, 0.25) is 0 Å². The normalized spacial score (nSPS) is 21.0. The van der Waals surface area contributed by atoms with Gasteiger partial charge in [0.05, 0.1) is 23.2 Å². The predicted octanol–water partition coefficient (Wildman–Crippen LogP) is 2.92. The highest BCUT2D eigenvalue weighted by atomic mass is 16.5. The van der Waals surface area contributed by atoms with E-state index in [-0.39, 0.29) is 18.2 Å². The van der Waals surface area contributed by atoms with Crippen LogP contribution in [0.5, 0.6) is 0 Å². The Kier molecular flexibility index (Phi) is 5.48. The van der Waals surface area contributed by atoms with Gasteiger partial charge in [-0.3, -0.25) is 4.90 Å². The van der Waals surface area contributed by atoms with Gasteiger partial charge in [0.1, 0.15) is 5.82 Å². The number of nitrogens with one attached hydrogen (secondary N) is 3. The number of benzene rings is 1. The Morgan fingerprint density at radius 2 is 2.08 bits per heavy atom. The van der Waals surface area contributed by atoms with Crippen molar-refractivity contribution in [1.29, 1.82) is 0 Å². The fourth-order valence-electron chi connectivity index (χ4n) is 3.32. The van der Waals surface area contributed by atoms with Crippen LogP contribution in [0, 0.1) is 0 Å². The molecular weight excluding hydrogens is 330 g/mol. The molecule has 0 saturated carbocycles. The molecule has 7 nitrogen and oxygen atoms in total. The lowest BCUT2D eigenvalue weighted by molar-refractivity contribution is 0.0896. The summed E-state index contributed by atoms with van der Waals surface area (Å²) in [6, 6.07) is 5.89. The van der Waals surface area contributed by atoms with Crippen LogP contribution in [0.3, 0.4) is 0 Å². The van der Waals surface area contributed by atoms with E-state index in [9.17, 15) is 4.79 Å². The largest absolute Gasteiger partial charge is 0.378 e. The smallest absolute Gasteiger partial charge is 0.319 e. The van der Waals surface area contributed by atoms with E-state index in [1.165, 1.54) is 0 Å². The second-order valence-electron chi connectivity index (χ2n) is 7.54. The molecule has 1 aromatic carbocycles. The predicted molar refractivity (Wildman–Crippen MR) is 104 cm³/mol. The number of hydrogen-bond acceptors (Lipinski definition) is 4. The van der Waals surface area contributed by atoms with E-state index in [1.807, 2.05) is 18.2 Å². The van der Waals surface area contributed by atoms with Crippen LogP contribution >= 0.6 is 0 Å². The van der Waals surface area contributed by atoms with Crippen molar-refractivity contribution < 1.29 is 9.53 Å². The van der Waals surface area contributed by atoms with Crippen LogP contribution in [-0.4, -0.2) is 59.3 Å². The monoisotopic (exact) mass is 359 g/mol. The Bertz CT molecular complexity index is 770. The number of fused-ring (bicyclic) bond motifs is 1. The Morgan fingerprint density at radius 3 is 2.73 bits per heavy atom. The topological polar surface area (TPSA) is 82.3 Å².